The summed E-state index contributed by atoms with van der Waals surface area (Å²) in [4.78, 5) is 0. The van der Waals surface area contributed by atoms with E-state index in [-0.39, 0.29) is 0 Å². The van der Waals surface area contributed by atoms with Gasteiger partial charge in [0.25, 0.3) is 0 Å². The van der Waals surface area contributed by atoms with Gasteiger partial charge in [-0.25, -0.2) is 0 Å². The fourth-order valence-corrected chi connectivity index (χ4v) is 3.36. The minimum atomic E-state index is -2.58. The normalized spacial score (nSPS) is 12.0. The zero-order valence-electron chi connectivity index (χ0n) is 7.79. The Morgan fingerprint density at radius 1 is 0.818 bits per heavy atom. The molecule has 69 valence electrons. The molecule has 0 saturated carbocycles. The van der Waals surface area contributed by atoms with Crippen molar-refractivity contribution >= 4 is 0 Å². The summed E-state index contributed by atoms with van der Waals surface area (Å²) in [6.07, 6.45) is 0. The molecular formula is C7H18O3V. The third kappa shape index (κ3) is 4.83. The van der Waals surface area contributed by atoms with Crippen LogP contribution in [0.15, 0.2) is 0 Å². The van der Waals surface area contributed by atoms with Gasteiger partial charge in [-0.05, 0) is 0 Å². The summed E-state index contributed by atoms with van der Waals surface area (Å²) in [5.74, 6) is 0. The molecule has 3 nitrogen and oxygen atoms in total. The van der Waals surface area contributed by atoms with E-state index >= 15 is 0 Å². The molecule has 0 spiro atoms. The Balaban J connectivity index is 3.79. The van der Waals surface area contributed by atoms with Crippen molar-refractivity contribution in [2.75, 3.05) is 19.8 Å². The van der Waals surface area contributed by atoms with Gasteiger partial charge in [-0.3, -0.25) is 0 Å². The van der Waals surface area contributed by atoms with Gasteiger partial charge >= 0.3 is 72.3 Å². The predicted octanol–water partition coefficient (Wildman–Crippen LogP) is 2.04. The molecule has 0 aliphatic heterocycles. The Morgan fingerprint density at radius 3 is 1.27 bits per heavy atom. The molecule has 0 aromatic rings. The standard InChI is InChI=1S/3C2H5O.CH3.V/c3*1-2-3;;/h3*2H2,1H3;1H3;/q3*-1;;+3. The van der Waals surface area contributed by atoms with Gasteiger partial charge < -0.3 is 0 Å². The summed E-state index contributed by atoms with van der Waals surface area (Å²) >= 11 is -2.58. The molecule has 0 aromatic heterocycles. The Labute approximate surface area is 72.7 Å². The molecule has 0 amide bonds. The molecule has 11 heavy (non-hydrogen) atoms. The topological polar surface area (TPSA) is 27.7 Å². The molecule has 0 fully saturated rings. The zero-order valence-corrected chi connectivity index (χ0v) is 9.19. The van der Waals surface area contributed by atoms with E-state index in [1.165, 1.54) is 0 Å². The number of hydrogen-bond donors (Lipinski definition) is 0. The van der Waals surface area contributed by atoms with Crippen molar-refractivity contribution < 1.29 is 26.1 Å². The van der Waals surface area contributed by atoms with E-state index in [4.69, 9.17) is 11.0 Å². The van der Waals surface area contributed by atoms with E-state index in [0.717, 1.165) is 0 Å². The maximum atomic E-state index is 5.44. The molecule has 0 radical (unpaired) electrons. The first kappa shape index (κ1) is 11.5. The molecule has 0 saturated heterocycles. The first-order valence-corrected chi connectivity index (χ1v) is 7.09. The predicted molar refractivity (Wildman–Crippen MR) is 40.7 cm³/mol. The van der Waals surface area contributed by atoms with Crippen LogP contribution in [0.2, 0.25) is 5.64 Å². The average Bonchev–Trinajstić information content (AvgIpc) is 1.88. The average molecular weight is 201 g/mol. The Hall–Kier alpha value is 0.464. The zero-order chi connectivity index (χ0) is 8.74. The van der Waals surface area contributed by atoms with Gasteiger partial charge in [-0.2, -0.15) is 0 Å². The van der Waals surface area contributed by atoms with Gasteiger partial charge in [0.15, 0.2) is 0 Å². The third-order valence-corrected chi connectivity index (χ3v) is 4.50. The minimum absolute atomic E-state index is 0.670. The van der Waals surface area contributed by atoms with Crippen LogP contribution in [0.5, 0.6) is 0 Å². The van der Waals surface area contributed by atoms with Crippen LogP contribution >= 0.6 is 0 Å². The summed E-state index contributed by atoms with van der Waals surface area (Å²) in [6, 6.07) is 0. The molecule has 0 rings (SSSR count). The van der Waals surface area contributed by atoms with Crippen LogP contribution in [0.25, 0.3) is 0 Å². The summed E-state index contributed by atoms with van der Waals surface area (Å²) in [5.41, 5.74) is 1.95. The third-order valence-electron chi connectivity index (χ3n) is 1.09. The maximum absolute atomic E-state index is 5.44. The van der Waals surface area contributed by atoms with Crippen molar-refractivity contribution in [3.8, 4) is 0 Å². The van der Waals surface area contributed by atoms with Gasteiger partial charge in [-0.1, -0.05) is 0 Å². The second kappa shape index (κ2) is 6.03. The van der Waals surface area contributed by atoms with Crippen LogP contribution in [0.4, 0.5) is 0 Å². The van der Waals surface area contributed by atoms with Crippen molar-refractivity contribution in [3.05, 3.63) is 0 Å². The number of hydrogen-bond acceptors (Lipinski definition) is 3. The van der Waals surface area contributed by atoms with Crippen LogP contribution in [0.1, 0.15) is 20.8 Å². The summed E-state index contributed by atoms with van der Waals surface area (Å²) in [7, 11) is 0. The molecule has 0 atom stereocenters. The second-order valence-corrected chi connectivity index (χ2v) is 5.64. The summed E-state index contributed by atoms with van der Waals surface area (Å²) in [5, 5.41) is 0. The second-order valence-electron chi connectivity index (χ2n) is 2.02. The van der Waals surface area contributed by atoms with Crippen molar-refractivity contribution in [2.45, 2.75) is 26.4 Å². The van der Waals surface area contributed by atoms with Gasteiger partial charge in [0, 0.05) is 0 Å². The molecule has 0 heterocycles. The van der Waals surface area contributed by atoms with Crippen molar-refractivity contribution in [1.82, 2.24) is 0 Å². The Kier molecular flexibility index (Phi) is 6.29. The molecule has 0 bridgehead atoms. The van der Waals surface area contributed by atoms with Crippen LogP contribution in [-0.2, 0) is 26.1 Å². The Morgan fingerprint density at radius 2 is 1.09 bits per heavy atom. The van der Waals surface area contributed by atoms with Gasteiger partial charge in [0.1, 0.15) is 0 Å². The van der Waals surface area contributed by atoms with Crippen molar-refractivity contribution in [3.63, 3.8) is 0 Å². The van der Waals surface area contributed by atoms with Gasteiger partial charge in [0.05, 0.1) is 0 Å². The molecule has 0 aromatic carbocycles. The summed E-state index contributed by atoms with van der Waals surface area (Å²) < 4.78 is 16.3. The fourth-order valence-electron chi connectivity index (χ4n) is 0.815. The van der Waals surface area contributed by atoms with E-state index < -0.39 is 15.1 Å². The molecule has 0 aliphatic rings. The van der Waals surface area contributed by atoms with Crippen molar-refractivity contribution in [2.24, 2.45) is 0 Å². The van der Waals surface area contributed by atoms with E-state index in [2.05, 4.69) is 0 Å². The quantitative estimate of drug-likeness (QED) is 0.658. The van der Waals surface area contributed by atoms with Gasteiger partial charge in [0.2, 0.25) is 0 Å². The van der Waals surface area contributed by atoms with E-state index in [9.17, 15) is 0 Å². The molecule has 4 heteroatoms. The van der Waals surface area contributed by atoms with E-state index in [1.54, 1.807) is 0 Å². The van der Waals surface area contributed by atoms with E-state index in [1.807, 2.05) is 26.4 Å². The molecule has 0 unspecified atom stereocenters. The molecule has 0 aliphatic carbocycles. The van der Waals surface area contributed by atoms with Gasteiger partial charge in [-0.15, -0.1) is 0 Å². The summed E-state index contributed by atoms with van der Waals surface area (Å²) in [6.45, 7) is 7.88. The van der Waals surface area contributed by atoms with Crippen LogP contribution in [-0.4, -0.2) is 19.8 Å². The van der Waals surface area contributed by atoms with Crippen LogP contribution in [0.3, 0.4) is 0 Å². The molecular weight excluding hydrogens is 183 g/mol. The fraction of sp³-hybridized carbons (Fsp3) is 1.00. The number of rotatable bonds is 6. The van der Waals surface area contributed by atoms with Crippen molar-refractivity contribution in [1.29, 1.82) is 0 Å². The first-order chi connectivity index (χ1) is 5.18. The SMILES string of the molecule is CC[O][V]([CH3])([O]CC)[O]CC. The first-order valence-electron chi connectivity index (χ1n) is 3.98. The Bertz CT molecular complexity index is 80.7. The monoisotopic (exact) mass is 201 g/mol. The van der Waals surface area contributed by atoms with E-state index in [0.29, 0.717) is 19.8 Å². The molecule has 0 N–H and O–H groups in total. The van der Waals surface area contributed by atoms with Crippen LogP contribution < -0.4 is 0 Å². The van der Waals surface area contributed by atoms with Crippen LogP contribution in [0, 0.1) is 0 Å².